The number of aliphatic carboxylic acids is 1. The predicted octanol–water partition coefficient (Wildman–Crippen LogP) is 1.12. The van der Waals surface area contributed by atoms with Gasteiger partial charge in [0.1, 0.15) is 12.1 Å². The highest BCUT2D eigenvalue weighted by atomic mass is 16.5. The van der Waals surface area contributed by atoms with E-state index in [1.807, 2.05) is 13.8 Å². The van der Waals surface area contributed by atoms with Crippen LogP contribution in [-0.4, -0.2) is 47.7 Å². The molecule has 0 aliphatic heterocycles. The lowest BCUT2D eigenvalue weighted by atomic mass is 9.95. The average Bonchev–Trinajstić information content (AvgIpc) is 2.28. The van der Waals surface area contributed by atoms with Crippen LogP contribution in [0.1, 0.15) is 33.6 Å². The van der Waals surface area contributed by atoms with Crippen LogP contribution >= 0.6 is 0 Å². The normalized spacial score (nSPS) is 11.2. The molecular formula is C11H21NO4. The highest BCUT2D eigenvalue weighted by Gasteiger charge is 2.38. The van der Waals surface area contributed by atoms with Crippen LogP contribution in [0.3, 0.4) is 0 Å². The molecule has 5 nitrogen and oxygen atoms in total. The molecule has 5 heteroatoms. The molecule has 0 aromatic rings. The van der Waals surface area contributed by atoms with Gasteiger partial charge in [0.05, 0.1) is 0 Å². The van der Waals surface area contributed by atoms with Gasteiger partial charge in [-0.3, -0.25) is 9.59 Å². The fourth-order valence-corrected chi connectivity index (χ4v) is 1.71. The Labute approximate surface area is 96.4 Å². The van der Waals surface area contributed by atoms with Gasteiger partial charge in [-0.05, 0) is 19.8 Å². The quantitative estimate of drug-likeness (QED) is 0.713. The Bertz CT molecular complexity index is 240. The van der Waals surface area contributed by atoms with Crippen LogP contribution in [0.2, 0.25) is 0 Å². The van der Waals surface area contributed by atoms with E-state index < -0.39 is 11.6 Å². The topological polar surface area (TPSA) is 66.8 Å². The van der Waals surface area contributed by atoms with E-state index in [-0.39, 0.29) is 12.5 Å². The number of amides is 1. The second-order valence-corrected chi connectivity index (χ2v) is 3.62. The third-order valence-electron chi connectivity index (χ3n) is 2.92. The first kappa shape index (κ1) is 14.9. The highest BCUT2D eigenvalue weighted by molar-refractivity contribution is 5.88. The summed E-state index contributed by atoms with van der Waals surface area (Å²) in [5.41, 5.74) is -0.883. The van der Waals surface area contributed by atoms with Crippen LogP contribution in [0.4, 0.5) is 0 Å². The summed E-state index contributed by atoms with van der Waals surface area (Å²) in [5, 5.41) is 8.71. The van der Waals surface area contributed by atoms with Crippen LogP contribution in [0, 0.1) is 0 Å². The molecule has 0 bridgehead atoms. The number of methoxy groups -OCH3 is 1. The van der Waals surface area contributed by atoms with Crippen molar-refractivity contribution in [2.24, 2.45) is 0 Å². The summed E-state index contributed by atoms with van der Waals surface area (Å²) in [7, 11) is 1.49. The average molecular weight is 231 g/mol. The molecule has 0 radical (unpaired) electrons. The van der Waals surface area contributed by atoms with E-state index in [1.54, 1.807) is 6.92 Å². The first-order valence-corrected chi connectivity index (χ1v) is 5.53. The van der Waals surface area contributed by atoms with Crippen molar-refractivity contribution in [1.82, 2.24) is 4.90 Å². The number of hydrogen-bond donors (Lipinski definition) is 1. The Hall–Kier alpha value is -1.10. The monoisotopic (exact) mass is 231 g/mol. The van der Waals surface area contributed by atoms with E-state index in [1.165, 1.54) is 12.0 Å². The summed E-state index contributed by atoms with van der Waals surface area (Å²) >= 11 is 0. The lowest BCUT2D eigenvalue weighted by Crippen LogP contribution is -2.51. The number of likely N-dealkylation sites (N-methyl/N-ethyl adjacent to an activating group) is 1. The molecule has 0 spiro atoms. The third kappa shape index (κ3) is 3.20. The molecule has 0 rings (SSSR count). The van der Waals surface area contributed by atoms with Crippen LogP contribution in [0.25, 0.3) is 0 Å². The largest absolute Gasteiger partial charge is 0.480 e. The molecule has 0 saturated carbocycles. The van der Waals surface area contributed by atoms with Crippen LogP contribution in [0.5, 0.6) is 0 Å². The van der Waals surface area contributed by atoms with Crippen molar-refractivity contribution in [2.45, 2.75) is 39.2 Å². The number of carboxylic acid groups (broad SMARTS) is 1. The van der Waals surface area contributed by atoms with Gasteiger partial charge in [-0.1, -0.05) is 13.8 Å². The van der Waals surface area contributed by atoms with Crippen molar-refractivity contribution < 1.29 is 19.4 Å². The number of carbonyl (C=O) groups excluding carboxylic acids is 1. The number of ether oxygens (including phenoxy) is 1. The molecule has 0 atom stereocenters. The number of carbonyl (C=O) groups is 2. The molecule has 0 saturated heterocycles. The van der Waals surface area contributed by atoms with Gasteiger partial charge < -0.3 is 14.7 Å². The molecule has 0 aliphatic carbocycles. The summed E-state index contributed by atoms with van der Waals surface area (Å²) in [6, 6.07) is 0. The van der Waals surface area contributed by atoms with Crippen molar-refractivity contribution in [3.63, 3.8) is 0 Å². The molecule has 1 amide bonds. The Morgan fingerprint density at radius 2 is 1.75 bits per heavy atom. The molecule has 0 aliphatic rings. The Balaban J connectivity index is 4.88. The number of hydrogen-bond acceptors (Lipinski definition) is 3. The van der Waals surface area contributed by atoms with E-state index in [9.17, 15) is 9.59 Å². The zero-order valence-corrected chi connectivity index (χ0v) is 10.4. The van der Waals surface area contributed by atoms with E-state index in [0.29, 0.717) is 19.4 Å². The molecule has 94 valence electrons. The summed E-state index contributed by atoms with van der Waals surface area (Å²) in [6.07, 6.45) is 1.07. The maximum atomic E-state index is 12.2. The molecule has 0 fully saturated rings. The van der Waals surface area contributed by atoms with Crippen molar-refractivity contribution in [3.05, 3.63) is 0 Å². The summed E-state index contributed by atoms with van der Waals surface area (Å²) in [6.45, 7) is 5.57. The van der Waals surface area contributed by atoms with E-state index in [4.69, 9.17) is 9.84 Å². The maximum Gasteiger partial charge on any atom is 0.323 e. The Kier molecular flexibility index (Phi) is 6.03. The minimum absolute atomic E-state index is 0.245. The summed E-state index contributed by atoms with van der Waals surface area (Å²) in [4.78, 5) is 24.1. The zero-order valence-electron chi connectivity index (χ0n) is 10.4. The second-order valence-electron chi connectivity index (χ2n) is 3.62. The molecule has 16 heavy (non-hydrogen) atoms. The smallest absolute Gasteiger partial charge is 0.323 e. The van der Waals surface area contributed by atoms with Crippen molar-refractivity contribution in [2.75, 3.05) is 20.2 Å². The molecule has 1 N–H and O–H groups in total. The second kappa shape index (κ2) is 6.48. The number of nitrogens with zero attached hydrogens (tertiary/aromatic N) is 1. The van der Waals surface area contributed by atoms with Gasteiger partial charge in [-0.15, -0.1) is 0 Å². The fraction of sp³-hybridized carbons (Fsp3) is 0.818. The standard InChI is InChI=1S/C11H21NO4/c1-5-11(6-2,16-4)10(15)12(7-3)8-9(13)14/h5-8H2,1-4H3,(H,13,14). The minimum Gasteiger partial charge on any atom is -0.480 e. The lowest BCUT2D eigenvalue weighted by molar-refractivity contribution is -0.159. The molecule has 0 aromatic heterocycles. The number of carboxylic acids is 1. The first-order chi connectivity index (χ1) is 7.47. The molecule has 0 aromatic carbocycles. The van der Waals surface area contributed by atoms with Crippen molar-refractivity contribution in [1.29, 1.82) is 0 Å². The number of rotatable bonds is 7. The van der Waals surface area contributed by atoms with E-state index >= 15 is 0 Å². The van der Waals surface area contributed by atoms with Crippen molar-refractivity contribution in [3.8, 4) is 0 Å². The SMILES string of the molecule is CCN(CC(=O)O)C(=O)C(CC)(CC)OC. The first-order valence-electron chi connectivity index (χ1n) is 5.53. The van der Waals surface area contributed by atoms with Gasteiger partial charge in [-0.25, -0.2) is 0 Å². The molecule has 0 unspecified atom stereocenters. The Morgan fingerprint density at radius 3 is 2.00 bits per heavy atom. The van der Waals surface area contributed by atoms with Crippen LogP contribution in [0.15, 0.2) is 0 Å². The van der Waals surface area contributed by atoms with E-state index in [0.717, 1.165) is 0 Å². The van der Waals surface area contributed by atoms with Gasteiger partial charge >= 0.3 is 5.97 Å². The molecule has 0 heterocycles. The van der Waals surface area contributed by atoms with Crippen LogP contribution < -0.4 is 0 Å². The van der Waals surface area contributed by atoms with Gasteiger partial charge in [-0.2, -0.15) is 0 Å². The Morgan fingerprint density at radius 1 is 1.25 bits per heavy atom. The van der Waals surface area contributed by atoms with Gasteiger partial charge in [0.15, 0.2) is 0 Å². The predicted molar refractivity (Wildman–Crippen MR) is 60.2 cm³/mol. The summed E-state index contributed by atoms with van der Waals surface area (Å²) in [5.74, 6) is -1.25. The fourth-order valence-electron chi connectivity index (χ4n) is 1.71. The third-order valence-corrected chi connectivity index (χ3v) is 2.92. The van der Waals surface area contributed by atoms with Gasteiger partial charge in [0.25, 0.3) is 5.91 Å². The molecular weight excluding hydrogens is 210 g/mol. The van der Waals surface area contributed by atoms with Crippen LogP contribution in [-0.2, 0) is 14.3 Å². The van der Waals surface area contributed by atoms with Gasteiger partial charge in [0.2, 0.25) is 0 Å². The zero-order chi connectivity index (χ0) is 12.8. The maximum absolute atomic E-state index is 12.2. The van der Waals surface area contributed by atoms with Crippen molar-refractivity contribution >= 4 is 11.9 Å². The minimum atomic E-state index is -1.01. The van der Waals surface area contributed by atoms with E-state index in [2.05, 4.69) is 0 Å². The van der Waals surface area contributed by atoms with Gasteiger partial charge in [0, 0.05) is 13.7 Å². The lowest BCUT2D eigenvalue weighted by Gasteiger charge is -2.33. The summed E-state index contributed by atoms with van der Waals surface area (Å²) < 4.78 is 5.28. The highest BCUT2D eigenvalue weighted by Crippen LogP contribution is 2.22.